The van der Waals surface area contributed by atoms with Gasteiger partial charge in [0.15, 0.2) is 5.38 Å². The molecule has 0 aromatic heterocycles. The van der Waals surface area contributed by atoms with Gasteiger partial charge in [-0.15, -0.1) is 11.6 Å². The molecule has 1 atom stereocenters. The van der Waals surface area contributed by atoms with Crippen molar-refractivity contribution >= 4 is 23.3 Å². The zero-order valence-corrected chi connectivity index (χ0v) is 10.8. The van der Waals surface area contributed by atoms with Crippen LogP contribution in [0.25, 0.3) is 0 Å². The highest BCUT2D eigenvalue weighted by molar-refractivity contribution is 6.32. The lowest BCUT2D eigenvalue weighted by Gasteiger charge is -2.10. The molecule has 0 saturated heterocycles. The van der Waals surface area contributed by atoms with Gasteiger partial charge >= 0.3 is 5.97 Å². The van der Waals surface area contributed by atoms with Gasteiger partial charge in [-0.25, -0.2) is 0 Å². The largest absolute Gasteiger partial charge is 0.480 e. The van der Waals surface area contributed by atoms with Crippen molar-refractivity contribution in [2.45, 2.75) is 18.7 Å². The van der Waals surface area contributed by atoms with E-state index in [2.05, 4.69) is 4.99 Å². The molecule has 1 heterocycles. The quantitative estimate of drug-likeness (QED) is 0.849. The van der Waals surface area contributed by atoms with Crippen molar-refractivity contribution in [3.05, 3.63) is 47.0 Å². The highest BCUT2D eigenvalue weighted by Gasteiger charge is 2.28. The summed E-state index contributed by atoms with van der Waals surface area (Å²) in [7, 11) is 0. The summed E-state index contributed by atoms with van der Waals surface area (Å²) in [6, 6.07) is 9.77. The van der Waals surface area contributed by atoms with Gasteiger partial charge in [-0.05, 0) is 23.1 Å². The first-order valence-corrected chi connectivity index (χ1v) is 6.27. The van der Waals surface area contributed by atoms with Gasteiger partial charge in [0.05, 0.1) is 12.3 Å². The van der Waals surface area contributed by atoms with Crippen molar-refractivity contribution in [1.82, 2.24) is 0 Å². The molecule has 0 bridgehead atoms. The molecule has 0 fully saturated rings. The molecule has 3 nitrogen and oxygen atoms in total. The van der Waals surface area contributed by atoms with Gasteiger partial charge in [0, 0.05) is 0 Å². The maximum atomic E-state index is 11.0. The Hall–Kier alpha value is -1.61. The van der Waals surface area contributed by atoms with Gasteiger partial charge in [-0.3, -0.25) is 9.79 Å². The maximum absolute atomic E-state index is 11.0. The van der Waals surface area contributed by atoms with Gasteiger partial charge in [0.2, 0.25) is 0 Å². The molecule has 0 aliphatic carbocycles. The monoisotopic (exact) mass is 263 g/mol. The number of hydrogen-bond donors (Lipinski definition) is 1. The summed E-state index contributed by atoms with van der Waals surface area (Å²) in [6.45, 7) is 2.37. The third kappa shape index (κ3) is 2.31. The average Bonchev–Trinajstić information content (AvgIpc) is 2.82. The zero-order valence-electron chi connectivity index (χ0n) is 10.1. The van der Waals surface area contributed by atoms with Crippen LogP contribution in [0.3, 0.4) is 0 Å². The van der Waals surface area contributed by atoms with Gasteiger partial charge in [0.25, 0.3) is 0 Å². The van der Waals surface area contributed by atoms with Gasteiger partial charge < -0.3 is 5.11 Å². The highest BCUT2D eigenvalue weighted by atomic mass is 35.5. The maximum Gasteiger partial charge on any atom is 0.325 e. The van der Waals surface area contributed by atoms with E-state index in [9.17, 15) is 4.79 Å². The third-order valence-electron chi connectivity index (χ3n) is 3.00. The van der Waals surface area contributed by atoms with E-state index in [1.54, 1.807) is 0 Å². The molecule has 2 rings (SSSR count). The minimum Gasteiger partial charge on any atom is -0.480 e. The number of benzene rings is 1. The standard InChI is InChI=1S/C14H14ClNO2/c1-2-10-11(12(15)14(17)18)8-16-13(10)9-6-4-3-5-7-9/h3-7,12H,2,8H2,1H3,(H,17,18). The lowest BCUT2D eigenvalue weighted by molar-refractivity contribution is -0.135. The van der Waals surface area contributed by atoms with Crippen LogP contribution in [0.1, 0.15) is 18.9 Å². The molecule has 1 N–H and O–H groups in total. The van der Waals surface area contributed by atoms with E-state index in [-0.39, 0.29) is 0 Å². The molecule has 0 spiro atoms. The second kappa shape index (κ2) is 5.36. The summed E-state index contributed by atoms with van der Waals surface area (Å²) in [5.41, 5.74) is 3.56. The first kappa shape index (κ1) is 12.8. The molecule has 1 aromatic carbocycles. The summed E-state index contributed by atoms with van der Waals surface area (Å²) >= 11 is 5.92. The number of carboxylic acid groups (broad SMARTS) is 1. The Balaban J connectivity index is 2.38. The summed E-state index contributed by atoms with van der Waals surface area (Å²) < 4.78 is 0. The molecule has 0 saturated carbocycles. The van der Waals surface area contributed by atoms with Crippen LogP contribution in [0.4, 0.5) is 0 Å². The van der Waals surface area contributed by atoms with Crippen LogP contribution in [0.2, 0.25) is 0 Å². The molecular weight excluding hydrogens is 250 g/mol. The number of hydrogen-bond acceptors (Lipinski definition) is 2. The molecule has 1 aliphatic heterocycles. The first-order valence-electron chi connectivity index (χ1n) is 5.84. The van der Waals surface area contributed by atoms with Crippen molar-refractivity contribution in [3.63, 3.8) is 0 Å². The predicted octanol–water partition coefficient (Wildman–Crippen LogP) is 2.89. The Morgan fingerprint density at radius 3 is 2.67 bits per heavy atom. The van der Waals surface area contributed by atoms with E-state index in [1.165, 1.54) is 0 Å². The van der Waals surface area contributed by atoms with Crippen LogP contribution in [0, 0.1) is 0 Å². The fourth-order valence-corrected chi connectivity index (χ4v) is 2.35. The lowest BCUT2D eigenvalue weighted by atomic mass is 9.96. The van der Waals surface area contributed by atoms with Crippen LogP contribution in [0.5, 0.6) is 0 Å². The number of alkyl halides is 1. The van der Waals surface area contributed by atoms with E-state index in [0.717, 1.165) is 23.3 Å². The molecule has 1 aliphatic rings. The summed E-state index contributed by atoms with van der Waals surface area (Å²) in [5, 5.41) is 8.01. The highest BCUT2D eigenvalue weighted by Crippen LogP contribution is 2.27. The second-order valence-corrected chi connectivity index (χ2v) is 4.53. The fourth-order valence-electron chi connectivity index (χ4n) is 2.15. The Labute approximate surface area is 111 Å². The number of allylic oxidation sites excluding steroid dienone is 1. The number of carboxylic acids is 1. The smallest absolute Gasteiger partial charge is 0.325 e. The van der Waals surface area contributed by atoms with Crippen LogP contribution in [-0.2, 0) is 4.79 Å². The topological polar surface area (TPSA) is 49.7 Å². The molecule has 0 radical (unpaired) electrons. The Bertz CT molecular complexity index is 520. The Morgan fingerprint density at radius 1 is 1.44 bits per heavy atom. The number of halogens is 1. The third-order valence-corrected chi connectivity index (χ3v) is 3.45. The number of carbonyl (C=O) groups is 1. The summed E-state index contributed by atoms with van der Waals surface area (Å²) in [5.74, 6) is -1.01. The van der Waals surface area contributed by atoms with Gasteiger partial charge in [-0.1, -0.05) is 37.3 Å². The van der Waals surface area contributed by atoms with Crippen molar-refractivity contribution < 1.29 is 9.90 Å². The number of aliphatic carboxylic acids is 1. The van der Waals surface area contributed by atoms with Crippen molar-refractivity contribution in [3.8, 4) is 0 Å². The predicted molar refractivity (Wildman–Crippen MR) is 72.4 cm³/mol. The number of rotatable bonds is 4. The Morgan fingerprint density at radius 2 is 2.11 bits per heavy atom. The molecule has 1 aromatic rings. The lowest BCUT2D eigenvalue weighted by Crippen LogP contribution is -2.18. The van der Waals surface area contributed by atoms with Crippen LogP contribution < -0.4 is 0 Å². The molecule has 94 valence electrons. The van der Waals surface area contributed by atoms with E-state index >= 15 is 0 Å². The van der Waals surface area contributed by atoms with Crippen LogP contribution in [0.15, 0.2) is 46.5 Å². The van der Waals surface area contributed by atoms with Crippen molar-refractivity contribution in [2.75, 3.05) is 6.54 Å². The zero-order chi connectivity index (χ0) is 13.1. The van der Waals surface area contributed by atoms with E-state index in [1.807, 2.05) is 37.3 Å². The summed E-state index contributed by atoms with van der Waals surface area (Å²) in [4.78, 5) is 15.4. The minimum absolute atomic E-state index is 0.383. The number of aliphatic imine (C=N–C) groups is 1. The molecule has 0 amide bonds. The molecule has 4 heteroatoms. The van der Waals surface area contributed by atoms with Gasteiger partial charge in [0.1, 0.15) is 0 Å². The molecule has 1 unspecified atom stereocenters. The molecular formula is C14H14ClNO2. The average molecular weight is 264 g/mol. The van der Waals surface area contributed by atoms with Crippen LogP contribution in [-0.4, -0.2) is 28.7 Å². The van der Waals surface area contributed by atoms with E-state index < -0.39 is 11.3 Å². The SMILES string of the molecule is CCC1=C(C(Cl)C(=O)O)CN=C1c1ccccc1. The Kier molecular flexibility index (Phi) is 3.82. The van der Waals surface area contributed by atoms with E-state index in [4.69, 9.17) is 16.7 Å². The van der Waals surface area contributed by atoms with Gasteiger partial charge in [-0.2, -0.15) is 0 Å². The fraction of sp³-hybridized carbons (Fsp3) is 0.286. The van der Waals surface area contributed by atoms with Crippen molar-refractivity contribution in [2.24, 2.45) is 4.99 Å². The second-order valence-electron chi connectivity index (χ2n) is 4.09. The normalized spacial score (nSPS) is 16.7. The molecule has 18 heavy (non-hydrogen) atoms. The van der Waals surface area contributed by atoms with E-state index in [0.29, 0.717) is 12.1 Å². The van der Waals surface area contributed by atoms with Crippen LogP contribution >= 0.6 is 11.6 Å². The number of nitrogens with zero attached hydrogens (tertiary/aromatic N) is 1. The first-order chi connectivity index (χ1) is 8.65. The van der Waals surface area contributed by atoms with Crippen molar-refractivity contribution in [1.29, 1.82) is 0 Å². The minimum atomic E-state index is -1.01. The summed E-state index contributed by atoms with van der Waals surface area (Å²) in [6.07, 6.45) is 0.736.